The molecule has 21 heavy (non-hydrogen) atoms. The number of thioether (sulfide) groups is 1. The lowest BCUT2D eigenvalue weighted by Crippen LogP contribution is -2.00. The second-order valence-corrected chi connectivity index (χ2v) is 5.50. The molecule has 0 unspecified atom stereocenters. The van der Waals surface area contributed by atoms with Gasteiger partial charge in [0.2, 0.25) is 5.89 Å². The van der Waals surface area contributed by atoms with Gasteiger partial charge < -0.3 is 9.15 Å². The van der Waals surface area contributed by atoms with Crippen LogP contribution in [0.4, 0.5) is 0 Å². The van der Waals surface area contributed by atoms with Gasteiger partial charge in [0.05, 0.1) is 6.61 Å². The van der Waals surface area contributed by atoms with Gasteiger partial charge in [0.25, 0.3) is 5.22 Å². The van der Waals surface area contributed by atoms with Crippen molar-refractivity contribution in [1.29, 1.82) is 0 Å². The number of rotatable bonds is 9. The zero-order valence-corrected chi connectivity index (χ0v) is 12.8. The van der Waals surface area contributed by atoms with Crippen molar-refractivity contribution in [3.8, 4) is 5.75 Å². The smallest absolute Gasteiger partial charge is 0.276 e. The lowest BCUT2D eigenvalue weighted by atomic mass is 10.2. The Labute approximate surface area is 128 Å². The summed E-state index contributed by atoms with van der Waals surface area (Å²) in [7, 11) is 0. The molecule has 0 spiro atoms. The molecule has 0 atom stereocenters. The highest BCUT2D eigenvalue weighted by atomic mass is 32.2. The van der Waals surface area contributed by atoms with Gasteiger partial charge in [-0.25, -0.2) is 0 Å². The maximum atomic E-state index is 10.5. The summed E-state index contributed by atoms with van der Waals surface area (Å²) in [4.78, 5) is 10.5. The summed E-state index contributed by atoms with van der Waals surface area (Å²) >= 11 is 1.48. The second-order valence-electron chi connectivity index (χ2n) is 4.45. The van der Waals surface area contributed by atoms with E-state index in [0.717, 1.165) is 37.1 Å². The van der Waals surface area contributed by atoms with Gasteiger partial charge in [0.15, 0.2) is 0 Å². The van der Waals surface area contributed by atoms with Crippen LogP contribution < -0.4 is 4.74 Å². The van der Waals surface area contributed by atoms with Crippen LogP contribution in [0.5, 0.6) is 5.75 Å². The molecule has 6 heteroatoms. The van der Waals surface area contributed by atoms with Crippen LogP contribution in [0.3, 0.4) is 0 Å². The molecule has 0 N–H and O–H groups in total. The number of benzene rings is 1. The first-order valence-corrected chi connectivity index (χ1v) is 7.93. The molecule has 1 aromatic heterocycles. The molecule has 0 saturated carbocycles. The van der Waals surface area contributed by atoms with Gasteiger partial charge in [-0.2, -0.15) is 0 Å². The molecule has 0 bridgehead atoms. The topological polar surface area (TPSA) is 65.2 Å². The molecule has 0 aliphatic heterocycles. The summed E-state index contributed by atoms with van der Waals surface area (Å²) in [6.45, 7) is 2.67. The Bertz CT molecular complexity index is 554. The number of aldehydes is 1. The highest BCUT2D eigenvalue weighted by Crippen LogP contribution is 2.18. The van der Waals surface area contributed by atoms with E-state index in [1.54, 1.807) is 24.3 Å². The van der Waals surface area contributed by atoms with E-state index < -0.39 is 0 Å². The van der Waals surface area contributed by atoms with Gasteiger partial charge in [0, 0.05) is 17.7 Å². The third kappa shape index (κ3) is 5.23. The Kier molecular flexibility index (Phi) is 6.27. The Morgan fingerprint density at radius 1 is 1.29 bits per heavy atom. The first kappa shape index (κ1) is 15.6. The third-order valence-corrected chi connectivity index (χ3v) is 3.57. The normalized spacial score (nSPS) is 10.5. The maximum absolute atomic E-state index is 10.5. The Morgan fingerprint density at radius 2 is 2.10 bits per heavy atom. The van der Waals surface area contributed by atoms with Crippen molar-refractivity contribution in [3.05, 3.63) is 35.7 Å². The van der Waals surface area contributed by atoms with Gasteiger partial charge in [0.1, 0.15) is 12.0 Å². The van der Waals surface area contributed by atoms with Gasteiger partial charge >= 0.3 is 0 Å². The largest absolute Gasteiger partial charge is 0.493 e. The van der Waals surface area contributed by atoms with Crippen LogP contribution in [0, 0.1) is 0 Å². The van der Waals surface area contributed by atoms with Crippen LogP contribution in [0.2, 0.25) is 0 Å². The number of carbonyl (C=O) groups excluding carboxylic acids is 1. The summed E-state index contributed by atoms with van der Waals surface area (Å²) < 4.78 is 11.1. The summed E-state index contributed by atoms with van der Waals surface area (Å²) in [5.74, 6) is 2.17. The van der Waals surface area contributed by atoms with Crippen molar-refractivity contribution in [2.75, 3.05) is 12.4 Å². The maximum Gasteiger partial charge on any atom is 0.276 e. The number of aromatic nitrogens is 2. The monoisotopic (exact) mass is 306 g/mol. The van der Waals surface area contributed by atoms with E-state index in [1.165, 1.54) is 11.8 Å². The van der Waals surface area contributed by atoms with Crippen molar-refractivity contribution in [2.45, 2.75) is 31.4 Å². The molecule has 2 rings (SSSR count). The van der Waals surface area contributed by atoms with Crippen molar-refractivity contribution < 1.29 is 13.9 Å². The quantitative estimate of drug-likeness (QED) is 0.402. The first-order chi connectivity index (χ1) is 10.3. The van der Waals surface area contributed by atoms with Crippen LogP contribution in [0.1, 0.15) is 36.0 Å². The number of aryl methyl sites for hydroxylation is 1. The molecule has 2 aromatic rings. The lowest BCUT2D eigenvalue weighted by molar-refractivity contribution is 0.112. The minimum atomic E-state index is 0.539. The van der Waals surface area contributed by atoms with Gasteiger partial charge in [-0.05, 0) is 30.7 Å². The van der Waals surface area contributed by atoms with E-state index in [-0.39, 0.29) is 0 Å². The Morgan fingerprint density at radius 3 is 2.81 bits per heavy atom. The number of hydrogen-bond donors (Lipinski definition) is 0. The molecular weight excluding hydrogens is 288 g/mol. The van der Waals surface area contributed by atoms with Crippen LogP contribution in [-0.2, 0) is 6.42 Å². The fraction of sp³-hybridized carbons (Fsp3) is 0.400. The Balaban J connectivity index is 1.69. The fourth-order valence-corrected chi connectivity index (χ4v) is 2.25. The molecule has 0 amide bonds. The summed E-state index contributed by atoms with van der Waals surface area (Å²) in [6, 6.07) is 7.02. The van der Waals surface area contributed by atoms with Crippen molar-refractivity contribution in [2.24, 2.45) is 0 Å². The summed E-state index contributed by atoms with van der Waals surface area (Å²) in [6.07, 6.45) is 3.82. The average Bonchev–Trinajstić information content (AvgIpc) is 2.98. The number of carbonyl (C=O) groups is 1. The molecule has 0 aliphatic rings. The molecule has 0 aliphatic carbocycles. The predicted molar refractivity (Wildman–Crippen MR) is 81.0 cm³/mol. The molecule has 1 aromatic carbocycles. The van der Waals surface area contributed by atoms with Crippen molar-refractivity contribution >= 4 is 18.0 Å². The van der Waals surface area contributed by atoms with E-state index in [2.05, 4.69) is 17.1 Å². The molecule has 0 radical (unpaired) electrons. The Hall–Kier alpha value is -1.82. The number of hydrogen-bond acceptors (Lipinski definition) is 6. The van der Waals surface area contributed by atoms with E-state index in [4.69, 9.17) is 9.15 Å². The van der Waals surface area contributed by atoms with Crippen molar-refractivity contribution in [3.63, 3.8) is 0 Å². The number of unbranched alkanes of at least 4 members (excludes halogenated alkanes) is 1. The second kappa shape index (κ2) is 8.46. The number of nitrogens with zero attached hydrogens (tertiary/aromatic N) is 2. The minimum absolute atomic E-state index is 0.539. The average molecular weight is 306 g/mol. The number of ether oxygens (including phenoxy) is 1. The highest BCUT2D eigenvalue weighted by molar-refractivity contribution is 7.99. The van der Waals surface area contributed by atoms with Crippen LogP contribution in [0.15, 0.2) is 33.9 Å². The van der Waals surface area contributed by atoms with E-state index in [9.17, 15) is 4.79 Å². The van der Waals surface area contributed by atoms with Gasteiger partial charge in [-0.3, -0.25) is 4.79 Å². The molecule has 1 heterocycles. The lowest BCUT2D eigenvalue weighted by Gasteiger charge is -2.04. The molecule has 0 saturated heterocycles. The first-order valence-electron chi connectivity index (χ1n) is 6.95. The predicted octanol–water partition coefficient (Wildman–Crippen LogP) is 3.40. The summed E-state index contributed by atoms with van der Waals surface area (Å²) in [5.41, 5.74) is 0.641. The molecule has 0 fully saturated rings. The summed E-state index contributed by atoms with van der Waals surface area (Å²) in [5, 5.41) is 8.57. The van der Waals surface area contributed by atoms with Crippen LogP contribution in [0.25, 0.3) is 0 Å². The molecular formula is C15H18N2O3S. The third-order valence-electron chi connectivity index (χ3n) is 2.79. The van der Waals surface area contributed by atoms with Crippen LogP contribution >= 0.6 is 11.8 Å². The minimum Gasteiger partial charge on any atom is -0.493 e. The van der Waals surface area contributed by atoms with E-state index >= 15 is 0 Å². The van der Waals surface area contributed by atoms with Gasteiger partial charge in [-0.1, -0.05) is 25.1 Å². The van der Waals surface area contributed by atoms with Crippen LogP contribution in [-0.4, -0.2) is 28.8 Å². The zero-order valence-electron chi connectivity index (χ0n) is 11.9. The van der Waals surface area contributed by atoms with E-state index in [0.29, 0.717) is 23.3 Å². The molecule has 5 nitrogen and oxygen atoms in total. The molecule has 112 valence electrons. The van der Waals surface area contributed by atoms with E-state index in [1.807, 2.05) is 0 Å². The standard InChI is InChI=1S/C15H18N2O3S/c1-2-3-4-14-16-17-15(20-14)21-10-9-19-13-7-5-12(11-18)6-8-13/h5-8,11H,2-4,9-10H2,1H3. The SMILES string of the molecule is CCCCc1nnc(SCCOc2ccc(C=O)cc2)o1. The fourth-order valence-electron chi connectivity index (χ4n) is 1.66. The highest BCUT2D eigenvalue weighted by Gasteiger charge is 2.06. The zero-order chi connectivity index (χ0) is 14.9. The van der Waals surface area contributed by atoms with Gasteiger partial charge in [-0.15, -0.1) is 10.2 Å². The van der Waals surface area contributed by atoms with Crippen molar-refractivity contribution in [1.82, 2.24) is 10.2 Å².